The minimum Gasteiger partial charge on any atom is -0.486 e. The molecule has 3 nitrogen and oxygen atoms in total. The van der Waals surface area contributed by atoms with Gasteiger partial charge in [0.1, 0.15) is 18.9 Å². The first-order chi connectivity index (χ1) is 9.46. The molecule has 0 amide bonds. The molecule has 1 aromatic rings. The highest BCUT2D eigenvalue weighted by Crippen LogP contribution is 2.51. The lowest BCUT2D eigenvalue weighted by atomic mass is 9.63. The van der Waals surface area contributed by atoms with Gasteiger partial charge >= 0.3 is 0 Å². The van der Waals surface area contributed by atoms with Crippen LogP contribution in [0.1, 0.15) is 44.2 Å². The highest BCUT2D eigenvalue weighted by Gasteiger charge is 2.42. The molecule has 2 aliphatic rings. The van der Waals surface area contributed by atoms with E-state index >= 15 is 0 Å². The number of rotatable bonds is 3. The van der Waals surface area contributed by atoms with Gasteiger partial charge in [-0.2, -0.15) is 0 Å². The summed E-state index contributed by atoms with van der Waals surface area (Å²) < 4.78 is 25.8. The Balaban J connectivity index is 2.15. The van der Waals surface area contributed by atoms with E-state index in [1.807, 2.05) is 6.07 Å². The van der Waals surface area contributed by atoms with Gasteiger partial charge in [0.2, 0.25) is 0 Å². The first-order valence-corrected chi connectivity index (χ1v) is 7.30. The molecule has 0 aromatic heterocycles. The molecule has 1 aromatic carbocycles. The lowest BCUT2D eigenvalue weighted by Gasteiger charge is -2.43. The summed E-state index contributed by atoms with van der Waals surface area (Å²) >= 11 is 0. The summed E-state index contributed by atoms with van der Waals surface area (Å²) in [5, 5.41) is 0. The Kier molecular flexibility index (Phi) is 3.16. The third-order valence-electron chi connectivity index (χ3n) is 4.60. The summed E-state index contributed by atoms with van der Waals surface area (Å²) in [5.74, 6) is 1.43. The molecule has 110 valence electrons. The van der Waals surface area contributed by atoms with Crippen LogP contribution in [0.5, 0.6) is 11.5 Å². The van der Waals surface area contributed by atoms with Crippen molar-refractivity contribution in [1.82, 2.24) is 0 Å². The molecule has 0 atom stereocenters. The van der Waals surface area contributed by atoms with Gasteiger partial charge in [0, 0.05) is 17.5 Å². The van der Waals surface area contributed by atoms with Crippen molar-refractivity contribution in [3.63, 3.8) is 0 Å². The zero-order valence-corrected chi connectivity index (χ0v) is 12.2. The van der Waals surface area contributed by atoms with Crippen molar-refractivity contribution < 1.29 is 13.9 Å². The molecule has 1 aliphatic heterocycles. The van der Waals surface area contributed by atoms with E-state index in [-0.39, 0.29) is 5.41 Å². The van der Waals surface area contributed by atoms with E-state index in [4.69, 9.17) is 15.2 Å². The standard InChI is InChI=1S/C16H22FNO2/c1-15(2,17)11-8-12(16(10-18)4-3-5-16)14-13(9-11)19-6-7-20-14/h8-9H,3-7,10,18H2,1-2H3. The van der Waals surface area contributed by atoms with Crippen molar-refractivity contribution >= 4 is 0 Å². The molecule has 0 unspecified atom stereocenters. The lowest BCUT2D eigenvalue weighted by Crippen LogP contribution is -2.42. The number of fused-ring (bicyclic) bond motifs is 1. The first-order valence-electron chi connectivity index (χ1n) is 7.30. The Morgan fingerprint density at radius 3 is 2.50 bits per heavy atom. The normalized spacial score (nSPS) is 20.4. The second-order valence-electron chi connectivity index (χ2n) is 6.36. The van der Waals surface area contributed by atoms with Crippen LogP contribution in [0.3, 0.4) is 0 Å². The third-order valence-corrected chi connectivity index (χ3v) is 4.60. The molecule has 4 heteroatoms. The molecule has 1 heterocycles. The number of hydrogen-bond donors (Lipinski definition) is 1. The second kappa shape index (κ2) is 4.62. The van der Waals surface area contributed by atoms with Gasteiger partial charge in [0.05, 0.1) is 0 Å². The number of alkyl halides is 1. The summed E-state index contributed by atoms with van der Waals surface area (Å²) in [5.41, 5.74) is 6.21. The number of halogens is 1. The molecule has 1 saturated carbocycles. The summed E-state index contributed by atoms with van der Waals surface area (Å²) in [4.78, 5) is 0. The zero-order valence-electron chi connectivity index (χ0n) is 12.2. The maximum atomic E-state index is 14.4. The maximum absolute atomic E-state index is 14.4. The van der Waals surface area contributed by atoms with Gasteiger partial charge in [-0.3, -0.25) is 0 Å². The summed E-state index contributed by atoms with van der Waals surface area (Å²) in [6, 6.07) is 3.69. The minimum absolute atomic E-state index is 0.0634. The number of benzene rings is 1. The van der Waals surface area contributed by atoms with Gasteiger partial charge in [0.25, 0.3) is 0 Å². The molecule has 20 heavy (non-hydrogen) atoms. The van der Waals surface area contributed by atoms with Crippen LogP contribution in [-0.4, -0.2) is 19.8 Å². The fraction of sp³-hybridized carbons (Fsp3) is 0.625. The van der Waals surface area contributed by atoms with Crippen molar-refractivity contribution in [2.45, 2.75) is 44.2 Å². The van der Waals surface area contributed by atoms with E-state index in [2.05, 4.69) is 0 Å². The number of nitrogens with two attached hydrogens (primary N) is 1. The molecule has 1 aliphatic carbocycles. The van der Waals surface area contributed by atoms with Gasteiger partial charge in [-0.1, -0.05) is 6.42 Å². The molecule has 0 spiro atoms. The van der Waals surface area contributed by atoms with E-state index in [1.165, 1.54) is 0 Å². The van der Waals surface area contributed by atoms with Crippen molar-refractivity contribution in [3.05, 3.63) is 23.3 Å². The average Bonchev–Trinajstić information content (AvgIpc) is 2.37. The molecule has 0 bridgehead atoms. The smallest absolute Gasteiger partial charge is 0.165 e. The molecule has 1 fully saturated rings. The highest BCUT2D eigenvalue weighted by molar-refractivity contribution is 5.55. The molecule has 2 N–H and O–H groups in total. The van der Waals surface area contributed by atoms with Crippen molar-refractivity contribution in [2.24, 2.45) is 5.73 Å². The highest BCUT2D eigenvalue weighted by atomic mass is 19.1. The Morgan fingerprint density at radius 1 is 1.25 bits per heavy atom. The van der Waals surface area contributed by atoms with Crippen molar-refractivity contribution in [3.8, 4) is 11.5 Å². The molecule has 3 rings (SSSR count). The Labute approximate surface area is 119 Å². The Morgan fingerprint density at radius 2 is 1.95 bits per heavy atom. The summed E-state index contributed by atoms with van der Waals surface area (Å²) in [6.07, 6.45) is 3.24. The van der Waals surface area contributed by atoms with Crippen LogP contribution in [-0.2, 0) is 11.1 Å². The van der Waals surface area contributed by atoms with Gasteiger partial charge in [-0.05, 0) is 44.4 Å². The van der Waals surface area contributed by atoms with E-state index in [9.17, 15) is 4.39 Å². The summed E-state index contributed by atoms with van der Waals surface area (Å²) in [6.45, 7) is 4.76. The van der Waals surface area contributed by atoms with Gasteiger partial charge in [-0.25, -0.2) is 4.39 Å². The summed E-state index contributed by atoms with van der Waals surface area (Å²) in [7, 11) is 0. The van der Waals surface area contributed by atoms with Crippen LogP contribution in [0.15, 0.2) is 12.1 Å². The van der Waals surface area contributed by atoms with Crippen LogP contribution in [0.4, 0.5) is 4.39 Å². The SMILES string of the molecule is CC(C)(F)c1cc2c(c(C3(CN)CCC3)c1)OCCO2. The average molecular weight is 279 g/mol. The maximum Gasteiger partial charge on any atom is 0.165 e. The quantitative estimate of drug-likeness (QED) is 0.925. The number of ether oxygens (including phenoxy) is 2. The van der Waals surface area contributed by atoms with Gasteiger partial charge < -0.3 is 15.2 Å². The van der Waals surface area contributed by atoms with Crippen LogP contribution in [0.25, 0.3) is 0 Å². The van der Waals surface area contributed by atoms with E-state index in [1.54, 1.807) is 19.9 Å². The van der Waals surface area contributed by atoms with E-state index < -0.39 is 5.67 Å². The third kappa shape index (κ3) is 2.06. The molecular weight excluding hydrogens is 257 g/mol. The van der Waals surface area contributed by atoms with Crippen LogP contribution < -0.4 is 15.2 Å². The second-order valence-corrected chi connectivity index (χ2v) is 6.36. The van der Waals surface area contributed by atoms with E-state index in [0.717, 1.165) is 30.6 Å². The topological polar surface area (TPSA) is 44.5 Å². The van der Waals surface area contributed by atoms with E-state index in [0.29, 0.717) is 31.1 Å². The largest absolute Gasteiger partial charge is 0.486 e. The van der Waals surface area contributed by atoms with Gasteiger partial charge in [-0.15, -0.1) is 0 Å². The van der Waals surface area contributed by atoms with Crippen LogP contribution >= 0.6 is 0 Å². The van der Waals surface area contributed by atoms with Crippen molar-refractivity contribution in [1.29, 1.82) is 0 Å². The predicted molar refractivity (Wildman–Crippen MR) is 76.1 cm³/mol. The van der Waals surface area contributed by atoms with Gasteiger partial charge in [0.15, 0.2) is 11.5 Å². The van der Waals surface area contributed by atoms with Crippen molar-refractivity contribution in [2.75, 3.05) is 19.8 Å². The van der Waals surface area contributed by atoms with Crippen LogP contribution in [0.2, 0.25) is 0 Å². The fourth-order valence-corrected chi connectivity index (χ4v) is 3.08. The molecular formula is C16H22FNO2. The Hall–Kier alpha value is -1.29. The monoisotopic (exact) mass is 279 g/mol. The lowest BCUT2D eigenvalue weighted by molar-refractivity contribution is 0.157. The Bertz CT molecular complexity index is 512. The first kappa shape index (κ1) is 13.7. The zero-order chi connectivity index (χ0) is 14.4. The predicted octanol–water partition coefficient (Wildman–Crippen LogP) is 3.04. The fourth-order valence-electron chi connectivity index (χ4n) is 3.08. The molecule has 0 saturated heterocycles. The number of hydrogen-bond acceptors (Lipinski definition) is 3. The van der Waals surface area contributed by atoms with Crippen LogP contribution in [0, 0.1) is 0 Å². The molecule has 0 radical (unpaired) electrons. The minimum atomic E-state index is -1.40.